The molecule has 1 atom stereocenters. The number of unbranched alkanes of at least 4 members (excludes halogenated alkanes) is 2. The molecule has 5 nitrogen and oxygen atoms in total. The van der Waals surface area contributed by atoms with Crippen LogP contribution in [-0.4, -0.2) is 27.1 Å². The predicted molar refractivity (Wildman–Crippen MR) is 89.9 cm³/mol. The molecule has 0 aliphatic heterocycles. The highest BCUT2D eigenvalue weighted by Gasteiger charge is 2.23. The third-order valence-corrected chi connectivity index (χ3v) is 5.51. The second-order valence-electron chi connectivity index (χ2n) is 6.27. The molecule has 0 amide bonds. The maximum absolute atomic E-state index is 13.8. The van der Waals surface area contributed by atoms with Crippen molar-refractivity contribution in [2.45, 2.75) is 45.1 Å². The topological polar surface area (TPSA) is 72.5 Å². The summed E-state index contributed by atoms with van der Waals surface area (Å²) in [6.45, 7) is 2.21. The van der Waals surface area contributed by atoms with Crippen LogP contribution in [-0.2, 0) is 14.8 Å². The Morgan fingerprint density at radius 3 is 2.79 bits per heavy atom. The van der Waals surface area contributed by atoms with Crippen molar-refractivity contribution >= 4 is 16.3 Å². The number of aldehydes is 1. The summed E-state index contributed by atoms with van der Waals surface area (Å²) >= 11 is 0. The fourth-order valence-electron chi connectivity index (χ4n) is 2.31. The van der Waals surface area contributed by atoms with Gasteiger partial charge in [-0.15, -0.1) is 0 Å². The van der Waals surface area contributed by atoms with Crippen LogP contribution in [0.5, 0.6) is 5.75 Å². The number of rotatable bonds is 11. The van der Waals surface area contributed by atoms with Gasteiger partial charge in [0, 0.05) is 12.5 Å². The summed E-state index contributed by atoms with van der Waals surface area (Å²) in [6.07, 6.45) is 4.35. The fraction of sp³-hybridized carbons (Fsp3) is 0.588. The first-order valence-electron chi connectivity index (χ1n) is 8.27. The van der Waals surface area contributed by atoms with E-state index in [9.17, 15) is 17.6 Å². The number of nitrogens with one attached hydrogen (secondary N) is 1. The van der Waals surface area contributed by atoms with E-state index in [1.54, 1.807) is 19.1 Å². The molecule has 0 bridgehead atoms. The molecule has 1 N–H and O–H groups in total. The Bertz CT molecular complexity index is 659. The molecule has 134 valence electrons. The lowest BCUT2D eigenvalue weighted by Gasteiger charge is -2.16. The third kappa shape index (κ3) is 6.20. The molecule has 0 heterocycles. The van der Waals surface area contributed by atoms with E-state index in [4.69, 9.17) is 4.74 Å². The van der Waals surface area contributed by atoms with Crippen LogP contribution in [0.2, 0.25) is 0 Å². The minimum atomic E-state index is -3.45. The summed E-state index contributed by atoms with van der Waals surface area (Å²) in [4.78, 5) is 10.2. The van der Waals surface area contributed by atoms with Crippen molar-refractivity contribution in [3.63, 3.8) is 0 Å². The first-order valence-corrected chi connectivity index (χ1v) is 9.92. The minimum absolute atomic E-state index is 0.0303. The van der Waals surface area contributed by atoms with Crippen molar-refractivity contribution in [3.05, 3.63) is 29.6 Å². The number of carbonyl (C=O) groups excluding carboxylic acids is 1. The van der Waals surface area contributed by atoms with Gasteiger partial charge >= 0.3 is 0 Å². The van der Waals surface area contributed by atoms with Crippen LogP contribution in [0.15, 0.2) is 18.2 Å². The van der Waals surface area contributed by atoms with E-state index in [0.717, 1.165) is 19.1 Å². The van der Waals surface area contributed by atoms with Crippen LogP contribution in [0.25, 0.3) is 0 Å². The molecule has 1 aliphatic carbocycles. The molecule has 24 heavy (non-hydrogen) atoms. The second kappa shape index (κ2) is 8.58. The summed E-state index contributed by atoms with van der Waals surface area (Å²) in [5.41, 5.74) is 0.652. The average Bonchev–Trinajstić information content (AvgIpc) is 3.34. The van der Waals surface area contributed by atoms with Crippen LogP contribution in [0.4, 0.5) is 4.39 Å². The summed E-state index contributed by atoms with van der Waals surface area (Å²) in [5.74, 6) is 0.201. The Morgan fingerprint density at radius 1 is 1.38 bits per heavy atom. The monoisotopic (exact) mass is 357 g/mol. The van der Waals surface area contributed by atoms with E-state index >= 15 is 0 Å². The molecule has 2 rings (SSSR count). The first-order chi connectivity index (χ1) is 11.4. The van der Waals surface area contributed by atoms with Crippen LogP contribution in [0.1, 0.15) is 50.6 Å². The number of hydrogen-bond acceptors (Lipinski definition) is 4. The van der Waals surface area contributed by atoms with Crippen LogP contribution < -0.4 is 9.46 Å². The molecule has 0 aromatic heterocycles. The van der Waals surface area contributed by atoms with Crippen molar-refractivity contribution in [2.24, 2.45) is 5.92 Å². The number of hydrogen-bond donors (Lipinski definition) is 1. The Kier molecular flexibility index (Phi) is 6.74. The zero-order chi connectivity index (χ0) is 17.6. The van der Waals surface area contributed by atoms with Gasteiger partial charge in [-0.2, -0.15) is 0 Å². The fourth-order valence-corrected chi connectivity index (χ4v) is 3.68. The number of carbonyl (C=O) groups is 1. The van der Waals surface area contributed by atoms with Crippen LogP contribution in [0, 0.1) is 11.7 Å². The predicted octanol–water partition coefficient (Wildman–Crippen LogP) is 2.96. The molecular weight excluding hydrogens is 333 g/mol. The van der Waals surface area contributed by atoms with Crippen molar-refractivity contribution in [1.82, 2.24) is 4.72 Å². The summed E-state index contributed by atoms with van der Waals surface area (Å²) < 4.78 is 46.0. The molecule has 0 saturated heterocycles. The normalized spacial score (nSPS) is 15.9. The molecule has 1 fully saturated rings. The van der Waals surface area contributed by atoms with E-state index in [1.807, 2.05) is 0 Å². The average molecular weight is 357 g/mol. The number of sulfonamides is 1. The van der Waals surface area contributed by atoms with E-state index < -0.39 is 21.9 Å². The molecule has 7 heteroatoms. The van der Waals surface area contributed by atoms with Gasteiger partial charge in [-0.25, -0.2) is 17.5 Å². The second-order valence-corrected chi connectivity index (χ2v) is 8.14. The maximum Gasteiger partial charge on any atom is 0.212 e. The van der Waals surface area contributed by atoms with Gasteiger partial charge in [-0.1, -0.05) is 6.07 Å². The Labute approximate surface area is 142 Å². The van der Waals surface area contributed by atoms with Gasteiger partial charge in [0.25, 0.3) is 0 Å². The van der Waals surface area contributed by atoms with Crippen molar-refractivity contribution in [1.29, 1.82) is 0 Å². The SMILES string of the molecule is CC(NS(=O)(=O)CCCCC=O)c1ccc(F)c(OCC2CC2)c1. The number of ether oxygens (including phenoxy) is 1. The zero-order valence-electron chi connectivity index (χ0n) is 13.8. The summed E-state index contributed by atoms with van der Waals surface area (Å²) in [6, 6.07) is 3.92. The Hall–Kier alpha value is -1.47. The van der Waals surface area contributed by atoms with Crippen LogP contribution in [0.3, 0.4) is 0 Å². The molecule has 1 aliphatic rings. The highest BCUT2D eigenvalue weighted by molar-refractivity contribution is 7.89. The smallest absolute Gasteiger partial charge is 0.212 e. The van der Waals surface area contributed by atoms with Crippen LogP contribution >= 0.6 is 0 Å². The molecule has 0 radical (unpaired) electrons. The minimum Gasteiger partial charge on any atom is -0.490 e. The van der Waals surface area contributed by atoms with Gasteiger partial charge in [0.2, 0.25) is 10.0 Å². The van der Waals surface area contributed by atoms with Gasteiger partial charge in [0.05, 0.1) is 12.4 Å². The highest BCUT2D eigenvalue weighted by Crippen LogP contribution is 2.31. The van der Waals surface area contributed by atoms with Gasteiger partial charge < -0.3 is 9.53 Å². The molecule has 0 spiro atoms. The third-order valence-electron chi connectivity index (χ3n) is 3.97. The summed E-state index contributed by atoms with van der Waals surface area (Å²) in [7, 11) is -3.45. The maximum atomic E-state index is 13.8. The lowest BCUT2D eigenvalue weighted by Crippen LogP contribution is -2.29. The lowest BCUT2D eigenvalue weighted by molar-refractivity contribution is -0.107. The first kappa shape index (κ1) is 18.9. The van der Waals surface area contributed by atoms with E-state index in [1.165, 1.54) is 6.07 Å². The van der Waals surface area contributed by atoms with Crippen molar-refractivity contribution in [3.8, 4) is 5.75 Å². The van der Waals surface area contributed by atoms with E-state index in [0.29, 0.717) is 37.4 Å². The van der Waals surface area contributed by atoms with Gasteiger partial charge in [0.1, 0.15) is 6.29 Å². The van der Waals surface area contributed by atoms with E-state index in [2.05, 4.69) is 4.72 Å². The van der Waals surface area contributed by atoms with Crippen molar-refractivity contribution < 1.29 is 22.3 Å². The van der Waals surface area contributed by atoms with E-state index in [-0.39, 0.29) is 11.5 Å². The summed E-state index contributed by atoms with van der Waals surface area (Å²) in [5, 5.41) is 0. The van der Waals surface area contributed by atoms with Gasteiger partial charge in [-0.05, 0) is 56.2 Å². The van der Waals surface area contributed by atoms with Gasteiger partial charge in [-0.3, -0.25) is 0 Å². The largest absolute Gasteiger partial charge is 0.490 e. The molecule has 1 saturated carbocycles. The number of halogens is 1. The molecule has 1 aromatic carbocycles. The molecular formula is C17H24FNO4S. The number of benzene rings is 1. The highest BCUT2D eigenvalue weighted by atomic mass is 32.2. The lowest BCUT2D eigenvalue weighted by atomic mass is 10.1. The molecule has 1 aromatic rings. The Balaban J connectivity index is 1.93. The molecule has 1 unspecified atom stereocenters. The quantitative estimate of drug-likeness (QED) is 0.488. The standard InChI is InChI=1S/C17H24FNO4S/c1-13(19-24(21,22)10-4-2-3-9-20)15-7-8-16(18)17(11-15)23-12-14-5-6-14/h7-9,11,13-14,19H,2-6,10,12H2,1H3. The van der Waals surface area contributed by atoms with Crippen molar-refractivity contribution in [2.75, 3.05) is 12.4 Å². The Morgan fingerprint density at radius 2 is 2.12 bits per heavy atom. The zero-order valence-corrected chi connectivity index (χ0v) is 14.6. The van der Waals surface area contributed by atoms with Gasteiger partial charge in [0.15, 0.2) is 11.6 Å².